The van der Waals surface area contributed by atoms with E-state index in [1.54, 1.807) is 13.8 Å². The zero-order valence-corrected chi connectivity index (χ0v) is 20.6. The van der Waals surface area contributed by atoms with Crippen LogP contribution in [-0.2, 0) is 6.32 Å². The van der Waals surface area contributed by atoms with E-state index in [9.17, 15) is 12.9 Å². The average Bonchev–Trinajstić information content (AvgIpc) is 2.29. The third-order valence-electron chi connectivity index (χ3n) is 3.31. The van der Waals surface area contributed by atoms with Crippen LogP contribution < -0.4 is 51.4 Å². The van der Waals surface area contributed by atoms with Crippen molar-refractivity contribution in [2.45, 2.75) is 46.7 Å². The first-order chi connectivity index (χ1) is 9.33. The molecule has 0 fully saturated rings. The Balaban J connectivity index is 0.00000441. The Hall–Kier alpha value is 1.22. The molecule has 0 saturated heterocycles. The third kappa shape index (κ3) is 6.61. The Morgan fingerprint density at radius 1 is 1.00 bits per heavy atom. The number of hydrogen-bond acceptors (Lipinski definition) is 0. The van der Waals surface area contributed by atoms with Gasteiger partial charge in [0.15, 0.2) is 0 Å². The van der Waals surface area contributed by atoms with Crippen molar-refractivity contribution in [1.29, 1.82) is 0 Å². The molecular weight excluding hydrogens is 442 g/mol. The van der Waals surface area contributed by atoms with Crippen LogP contribution in [0.4, 0.5) is 12.9 Å². The first-order valence-corrected chi connectivity index (χ1v) is 11.4. The van der Waals surface area contributed by atoms with Crippen molar-refractivity contribution in [3.05, 3.63) is 31.4 Å². The predicted octanol–water partition coefficient (Wildman–Crippen LogP) is 2.38. The van der Waals surface area contributed by atoms with Crippen molar-refractivity contribution >= 4 is 37.6 Å². The van der Waals surface area contributed by atoms with E-state index in [0.717, 1.165) is 20.3 Å². The maximum absolute atomic E-state index is 12.9. The maximum atomic E-state index is 12.9. The fourth-order valence-electron chi connectivity index (χ4n) is 2.21. The molecule has 0 nitrogen and oxygen atoms in total. The first-order valence-electron chi connectivity index (χ1n) is 6.86. The summed E-state index contributed by atoms with van der Waals surface area (Å²) in [7, 11) is -1.56. The Kier molecular flexibility index (Phi) is 9.02. The third-order valence-corrected chi connectivity index (χ3v) is 5.81. The van der Waals surface area contributed by atoms with E-state index in [1.807, 2.05) is 6.92 Å². The molecule has 0 radical (unpaired) electrons. The minimum atomic E-state index is -4.84. The van der Waals surface area contributed by atoms with Gasteiger partial charge in [-0.15, -0.1) is 5.54 Å². The average molecular weight is 462 g/mol. The second-order valence-electron chi connectivity index (χ2n) is 6.46. The molecule has 1 rings (SSSR count). The quantitative estimate of drug-likeness (QED) is 0.360. The fourth-order valence-corrected chi connectivity index (χ4v) is 3.31. The van der Waals surface area contributed by atoms with Gasteiger partial charge < -0.3 is 12.9 Å². The minimum Gasteiger partial charge on any atom is -0.449 e. The van der Waals surface area contributed by atoms with E-state index in [0.29, 0.717) is 11.1 Å². The summed E-state index contributed by atoms with van der Waals surface area (Å²) >= 11 is 2.13. The fraction of sp³-hybridized carbons (Fsp3) is 0.467. The maximum Gasteiger partial charge on any atom is 1.00 e. The summed E-state index contributed by atoms with van der Waals surface area (Å²) in [6.07, 6.45) is -0.824. The van der Waals surface area contributed by atoms with Crippen molar-refractivity contribution < 1.29 is 64.3 Å². The number of benzene rings is 1. The Morgan fingerprint density at radius 2 is 1.50 bits per heavy atom. The van der Waals surface area contributed by atoms with Gasteiger partial charge in [0.05, 0.1) is 0 Å². The molecule has 0 saturated carbocycles. The molecule has 0 bridgehead atoms. The van der Waals surface area contributed by atoms with Crippen molar-refractivity contribution in [1.82, 2.24) is 0 Å². The molecule has 0 spiro atoms. The summed E-state index contributed by atoms with van der Waals surface area (Å²) < 4.78 is 39.5. The van der Waals surface area contributed by atoms with E-state index in [1.165, 1.54) is 0 Å². The van der Waals surface area contributed by atoms with Gasteiger partial charge in [0, 0.05) is 9.13 Å². The molecule has 0 aliphatic heterocycles. The van der Waals surface area contributed by atoms with Crippen LogP contribution in [0.25, 0.3) is 0 Å². The van der Waals surface area contributed by atoms with Crippen LogP contribution in [0.3, 0.4) is 0 Å². The van der Waals surface area contributed by atoms with Gasteiger partial charge in [0.2, 0.25) is 0 Å². The van der Waals surface area contributed by atoms with Gasteiger partial charge in [-0.05, 0) is 60.1 Å². The predicted molar refractivity (Wildman–Crippen MR) is 96.4 cm³/mol. The van der Waals surface area contributed by atoms with Gasteiger partial charge >= 0.3 is 58.4 Å². The summed E-state index contributed by atoms with van der Waals surface area (Å²) in [4.78, 5) is 0. The van der Waals surface area contributed by atoms with Gasteiger partial charge in [-0.25, -0.2) is 0 Å². The first kappa shape index (κ1) is 23.2. The standard InChI is InChI=1S/C15H20BF3ISi.K/c1-10-13(7-8-21(4,5)6)11(2)15(20)12(3)14(10)9-16(17,18)19;/h9H2,1-6H3;/q-1;+1. The van der Waals surface area contributed by atoms with Crippen LogP contribution >= 0.6 is 22.6 Å². The molecule has 116 valence electrons. The van der Waals surface area contributed by atoms with Crippen molar-refractivity contribution in [2.75, 3.05) is 0 Å². The Morgan fingerprint density at radius 3 is 1.91 bits per heavy atom. The largest absolute Gasteiger partial charge is 1.00 e. The molecule has 1 aromatic rings. The summed E-state index contributed by atoms with van der Waals surface area (Å²) in [6.45, 7) is 7.03. The van der Waals surface area contributed by atoms with Crippen molar-refractivity contribution in [3.8, 4) is 11.5 Å². The molecule has 0 amide bonds. The van der Waals surface area contributed by atoms with Crippen LogP contribution in [0.15, 0.2) is 0 Å². The van der Waals surface area contributed by atoms with Gasteiger partial charge in [-0.1, -0.05) is 37.4 Å². The van der Waals surface area contributed by atoms with Crippen molar-refractivity contribution in [3.63, 3.8) is 0 Å². The van der Waals surface area contributed by atoms with Gasteiger partial charge in [0.25, 0.3) is 0 Å². The van der Waals surface area contributed by atoms with E-state index in [2.05, 4.69) is 53.7 Å². The molecule has 22 heavy (non-hydrogen) atoms. The molecule has 1 aromatic carbocycles. The molecule has 0 aromatic heterocycles. The minimum absolute atomic E-state index is 0. The molecule has 0 aliphatic carbocycles. The summed E-state index contributed by atoms with van der Waals surface area (Å²) in [6, 6.07) is 0. The molecule has 7 heteroatoms. The number of rotatable bonds is 2. The Bertz CT molecular complexity index is 625. The second-order valence-corrected chi connectivity index (χ2v) is 12.3. The number of halogens is 4. The van der Waals surface area contributed by atoms with E-state index < -0.39 is 21.4 Å². The van der Waals surface area contributed by atoms with E-state index in [4.69, 9.17) is 0 Å². The zero-order chi connectivity index (χ0) is 16.6. The van der Waals surface area contributed by atoms with Gasteiger partial charge in [0.1, 0.15) is 8.07 Å². The Labute approximate surface area is 189 Å². The van der Waals surface area contributed by atoms with Crippen LogP contribution in [0, 0.1) is 35.8 Å². The number of hydrogen-bond donors (Lipinski definition) is 0. The van der Waals surface area contributed by atoms with Crippen LogP contribution in [0.5, 0.6) is 0 Å². The smallest absolute Gasteiger partial charge is 0.449 e. The van der Waals surface area contributed by atoms with Gasteiger partial charge in [-0.2, -0.15) is 0 Å². The molecule has 0 N–H and O–H groups in total. The van der Waals surface area contributed by atoms with Crippen molar-refractivity contribution in [2.24, 2.45) is 0 Å². The SMILES string of the molecule is Cc1c(I)c(C)c(C[B-](F)(F)F)c(C)c1C#C[Si](C)(C)C.[K+]. The molecule has 0 unspecified atom stereocenters. The topological polar surface area (TPSA) is 0 Å². The van der Waals surface area contributed by atoms with Gasteiger partial charge in [-0.3, -0.25) is 0 Å². The van der Waals surface area contributed by atoms with Crippen LogP contribution in [0.2, 0.25) is 19.6 Å². The summed E-state index contributed by atoms with van der Waals surface area (Å²) in [5.41, 5.74) is 6.87. The van der Waals surface area contributed by atoms with Crippen LogP contribution in [0.1, 0.15) is 27.8 Å². The van der Waals surface area contributed by atoms with Crippen LogP contribution in [-0.4, -0.2) is 15.1 Å². The molecule has 0 aliphatic rings. The monoisotopic (exact) mass is 462 g/mol. The summed E-state index contributed by atoms with van der Waals surface area (Å²) in [5, 5.41) is 0. The van der Waals surface area contributed by atoms with E-state index in [-0.39, 0.29) is 51.4 Å². The normalized spacial score (nSPS) is 11.5. The molecule has 0 atom stereocenters. The van der Waals surface area contributed by atoms with E-state index >= 15 is 0 Å². The second kappa shape index (κ2) is 8.54. The summed E-state index contributed by atoms with van der Waals surface area (Å²) in [5.74, 6) is 3.16. The zero-order valence-electron chi connectivity index (χ0n) is 14.3. The molecular formula is C15H20BF3IKSi. The molecule has 0 heterocycles.